The number of benzene rings is 1. The zero-order valence-corrected chi connectivity index (χ0v) is 12.7. The average molecular weight is 273 g/mol. The highest BCUT2D eigenvalue weighted by molar-refractivity contribution is 6.58. The SMILES string of the molecule is Cc1cccc2c1N(B1OC(C)(C)C(C)(C)O1)C(=O)C2. The van der Waals surface area contributed by atoms with E-state index in [2.05, 4.69) is 0 Å². The highest BCUT2D eigenvalue weighted by Gasteiger charge is 2.56. The Hall–Kier alpha value is -1.33. The molecule has 0 spiro atoms. The van der Waals surface area contributed by atoms with Crippen LogP contribution in [0.25, 0.3) is 0 Å². The van der Waals surface area contributed by atoms with Crippen molar-refractivity contribution in [2.75, 3.05) is 4.81 Å². The number of nitrogens with zero attached hydrogens (tertiary/aromatic N) is 1. The fourth-order valence-electron chi connectivity index (χ4n) is 2.72. The van der Waals surface area contributed by atoms with Gasteiger partial charge in [-0.1, -0.05) is 18.2 Å². The molecule has 0 aliphatic carbocycles. The van der Waals surface area contributed by atoms with Gasteiger partial charge in [-0.25, -0.2) is 0 Å². The molecule has 1 aromatic rings. The Morgan fingerprint density at radius 1 is 1.15 bits per heavy atom. The first-order valence-corrected chi connectivity index (χ1v) is 6.99. The standard InChI is InChI=1S/C15H20BNO3/c1-10-7-6-8-11-9-12(18)17(13(10)11)16-19-14(2,3)15(4,5)20-16/h6-8H,9H2,1-5H3. The molecule has 20 heavy (non-hydrogen) atoms. The molecule has 2 heterocycles. The van der Waals surface area contributed by atoms with E-state index in [-0.39, 0.29) is 5.91 Å². The Bertz CT molecular complexity index is 566. The zero-order valence-electron chi connectivity index (χ0n) is 12.7. The highest BCUT2D eigenvalue weighted by Crippen LogP contribution is 2.41. The van der Waals surface area contributed by atoms with Crippen molar-refractivity contribution in [1.82, 2.24) is 0 Å². The molecule has 4 nitrogen and oxygen atoms in total. The number of hydrogen-bond donors (Lipinski definition) is 0. The van der Waals surface area contributed by atoms with Crippen LogP contribution in [0.5, 0.6) is 0 Å². The van der Waals surface area contributed by atoms with Gasteiger partial charge in [-0.3, -0.25) is 4.79 Å². The molecule has 0 N–H and O–H groups in total. The van der Waals surface area contributed by atoms with Crippen molar-refractivity contribution in [3.05, 3.63) is 29.3 Å². The van der Waals surface area contributed by atoms with Gasteiger partial charge in [0.1, 0.15) is 0 Å². The van der Waals surface area contributed by atoms with Crippen LogP contribution in [-0.4, -0.2) is 24.4 Å². The van der Waals surface area contributed by atoms with Crippen molar-refractivity contribution in [2.45, 2.75) is 52.2 Å². The topological polar surface area (TPSA) is 38.8 Å². The third-order valence-corrected chi connectivity index (χ3v) is 4.62. The summed E-state index contributed by atoms with van der Waals surface area (Å²) in [5, 5.41) is 0. The van der Waals surface area contributed by atoms with Crippen LogP contribution >= 0.6 is 0 Å². The zero-order chi connectivity index (χ0) is 14.7. The first-order chi connectivity index (χ1) is 9.23. The van der Waals surface area contributed by atoms with Gasteiger partial charge in [-0.2, -0.15) is 0 Å². The van der Waals surface area contributed by atoms with Gasteiger partial charge in [0.15, 0.2) is 0 Å². The molecule has 2 aliphatic heterocycles. The summed E-state index contributed by atoms with van der Waals surface area (Å²) in [4.78, 5) is 14.0. The number of anilines is 1. The van der Waals surface area contributed by atoms with Gasteiger partial charge < -0.3 is 14.1 Å². The number of hydrogen-bond acceptors (Lipinski definition) is 3. The lowest BCUT2D eigenvalue weighted by molar-refractivity contribution is -0.116. The number of para-hydroxylation sites is 1. The number of carbonyl (C=O) groups is 1. The second kappa shape index (κ2) is 4.09. The molecule has 0 radical (unpaired) electrons. The fraction of sp³-hybridized carbons (Fsp3) is 0.533. The number of fused-ring (bicyclic) bond motifs is 1. The molecule has 1 amide bonds. The lowest BCUT2D eigenvalue weighted by Gasteiger charge is -2.32. The van der Waals surface area contributed by atoms with E-state index < -0.39 is 18.5 Å². The van der Waals surface area contributed by atoms with Crippen LogP contribution in [0.2, 0.25) is 0 Å². The maximum absolute atomic E-state index is 12.4. The fourth-order valence-corrected chi connectivity index (χ4v) is 2.72. The molecule has 0 saturated carbocycles. The molecule has 0 bridgehead atoms. The maximum Gasteiger partial charge on any atom is 0.601 e. The first kappa shape index (κ1) is 13.6. The van der Waals surface area contributed by atoms with Gasteiger partial charge in [-0.15, -0.1) is 0 Å². The van der Waals surface area contributed by atoms with E-state index in [0.717, 1.165) is 16.8 Å². The van der Waals surface area contributed by atoms with E-state index in [1.165, 1.54) is 0 Å². The largest absolute Gasteiger partial charge is 0.601 e. The highest BCUT2D eigenvalue weighted by atomic mass is 16.7. The van der Waals surface area contributed by atoms with Gasteiger partial charge in [0.25, 0.3) is 0 Å². The molecule has 0 unspecified atom stereocenters. The van der Waals surface area contributed by atoms with E-state index in [1.807, 2.05) is 52.8 Å². The van der Waals surface area contributed by atoms with Crippen molar-refractivity contribution in [3.8, 4) is 0 Å². The minimum absolute atomic E-state index is 0.0350. The number of rotatable bonds is 1. The molecule has 1 aromatic carbocycles. The molecule has 3 rings (SSSR count). The second-order valence-electron chi connectivity index (χ2n) is 6.59. The molecule has 0 atom stereocenters. The monoisotopic (exact) mass is 273 g/mol. The van der Waals surface area contributed by atoms with Crippen molar-refractivity contribution in [2.24, 2.45) is 0 Å². The van der Waals surface area contributed by atoms with E-state index in [9.17, 15) is 4.79 Å². The number of amides is 1. The molecule has 1 saturated heterocycles. The molecule has 1 fully saturated rings. The van der Waals surface area contributed by atoms with E-state index in [0.29, 0.717) is 6.42 Å². The summed E-state index contributed by atoms with van der Waals surface area (Å²) in [6.45, 7) is 9.98. The van der Waals surface area contributed by atoms with E-state index in [4.69, 9.17) is 9.31 Å². The van der Waals surface area contributed by atoms with Crippen molar-refractivity contribution in [3.63, 3.8) is 0 Å². The van der Waals surface area contributed by atoms with Crippen LogP contribution in [0.1, 0.15) is 38.8 Å². The van der Waals surface area contributed by atoms with Gasteiger partial charge in [-0.05, 0) is 45.7 Å². The van der Waals surface area contributed by atoms with Crippen LogP contribution in [0.3, 0.4) is 0 Å². The summed E-state index contributed by atoms with van der Waals surface area (Å²) in [7, 11) is -0.644. The summed E-state index contributed by atoms with van der Waals surface area (Å²) in [5.74, 6) is 0.0350. The molecule has 2 aliphatic rings. The number of aryl methyl sites for hydroxylation is 1. The van der Waals surface area contributed by atoms with Crippen LogP contribution < -0.4 is 4.81 Å². The summed E-state index contributed by atoms with van der Waals surface area (Å²) in [5.41, 5.74) is 2.18. The van der Waals surface area contributed by atoms with Crippen LogP contribution in [-0.2, 0) is 20.5 Å². The smallest absolute Gasteiger partial charge is 0.384 e. The minimum atomic E-state index is -0.644. The van der Waals surface area contributed by atoms with Crippen LogP contribution in [0.15, 0.2) is 18.2 Å². The van der Waals surface area contributed by atoms with Gasteiger partial charge in [0, 0.05) is 5.69 Å². The van der Waals surface area contributed by atoms with Crippen molar-refractivity contribution in [1.29, 1.82) is 0 Å². The second-order valence-corrected chi connectivity index (χ2v) is 6.59. The molecular formula is C15H20BNO3. The summed E-state index contributed by atoms with van der Waals surface area (Å²) >= 11 is 0. The Kier molecular flexibility index (Phi) is 2.79. The predicted molar refractivity (Wildman–Crippen MR) is 78.5 cm³/mol. The quantitative estimate of drug-likeness (QED) is 0.738. The van der Waals surface area contributed by atoms with Crippen LogP contribution in [0, 0.1) is 6.92 Å². The predicted octanol–water partition coefficient (Wildman–Crippen LogP) is 2.47. The Balaban J connectivity index is 2.00. The van der Waals surface area contributed by atoms with E-state index in [1.54, 1.807) is 4.81 Å². The van der Waals surface area contributed by atoms with Crippen LogP contribution in [0.4, 0.5) is 5.69 Å². The number of carbonyl (C=O) groups excluding carboxylic acids is 1. The normalized spacial score (nSPS) is 23.4. The summed E-state index contributed by atoms with van der Waals surface area (Å²) in [6.07, 6.45) is 0.418. The van der Waals surface area contributed by atoms with E-state index >= 15 is 0 Å². The Morgan fingerprint density at radius 3 is 2.35 bits per heavy atom. The molecule has 106 valence electrons. The first-order valence-electron chi connectivity index (χ1n) is 6.99. The molecule has 0 aromatic heterocycles. The Morgan fingerprint density at radius 2 is 1.75 bits per heavy atom. The maximum atomic E-state index is 12.4. The Labute approximate surface area is 120 Å². The minimum Gasteiger partial charge on any atom is -0.384 e. The lowest BCUT2D eigenvalue weighted by atomic mass is 9.90. The molecule has 5 heteroatoms. The van der Waals surface area contributed by atoms with Gasteiger partial charge >= 0.3 is 7.25 Å². The summed E-state index contributed by atoms with van der Waals surface area (Å²) < 4.78 is 12.0. The summed E-state index contributed by atoms with van der Waals surface area (Å²) in [6, 6.07) is 5.98. The van der Waals surface area contributed by atoms with Crippen molar-refractivity contribution < 1.29 is 14.1 Å². The molecular weight excluding hydrogens is 253 g/mol. The van der Waals surface area contributed by atoms with Crippen molar-refractivity contribution >= 4 is 18.8 Å². The van der Waals surface area contributed by atoms with Gasteiger partial charge in [0.05, 0.1) is 17.6 Å². The average Bonchev–Trinajstić information content (AvgIpc) is 2.74. The third kappa shape index (κ3) is 1.80. The lowest BCUT2D eigenvalue weighted by Crippen LogP contribution is -2.44. The third-order valence-electron chi connectivity index (χ3n) is 4.62. The van der Waals surface area contributed by atoms with Gasteiger partial charge in [0.2, 0.25) is 5.91 Å².